The van der Waals surface area contributed by atoms with Gasteiger partial charge in [0.05, 0.1) is 0 Å². The number of hydrazine groups is 1. The van der Waals surface area contributed by atoms with Crippen molar-refractivity contribution in [3.05, 3.63) is 33.8 Å². The minimum absolute atomic E-state index is 0.174. The summed E-state index contributed by atoms with van der Waals surface area (Å²) in [6.45, 7) is 1.72. The Morgan fingerprint density at radius 3 is 2.82 bits per heavy atom. The fourth-order valence-corrected chi connectivity index (χ4v) is 2.19. The Labute approximate surface area is 110 Å². The molecule has 2 N–H and O–H groups in total. The number of nitrogens with zero attached hydrogens (tertiary/aromatic N) is 2. The fourth-order valence-electron chi connectivity index (χ4n) is 1.82. The van der Waals surface area contributed by atoms with E-state index >= 15 is 0 Å². The Kier molecular flexibility index (Phi) is 3.76. The van der Waals surface area contributed by atoms with Crippen molar-refractivity contribution in [2.45, 2.75) is 13.0 Å². The lowest BCUT2D eigenvalue weighted by molar-refractivity contribution is 0.127. The molecule has 1 aliphatic rings. The monoisotopic (exact) mass is 273 g/mol. The largest absolute Gasteiger partial charge is 0.334 e. The molecule has 1 fully saturated rings. The van der Waals surface area contributed by atoms with Crippen molar-refractivity contribution in [2.75, 3.05) is 13.1 Å². The van der Waals surface area contributed by atoms with Crippen molar-refractivity contribution in [3.8, 4) is 0 Å². The number of amides is 2. The van der Waals surface area contributed by atoms with Crippen LogP contribution in [0.15, 0.2) is 18.2 Å². The molecule has 0 unspecified atom stereocenters. The van der Waals surface area contributed by atoms with Gasteiger partial charge in [-0.25, -0.2) is 10.6 Å². The van der Waals surface area contributed by atoms with E-state index in [9.17, 15) is 4.79 Å². The summed E-state index contributed by atoms with van der Waals surface area (Å²) in [5, 5.41) is 2.44. The molecule has 0 bridgehead atoms. The minimum atomic E-state index is -0.174. The third kappa shape index (κ3) is 2.83. The van der Waals surface area contributed by atoms with Crippen LogP contribution in [-0.4, -0.2) is 29.0 Å². The standard InChI is InChI=1S/C11H13Cl2N3O/c12-9-2-3-10(13)8(6-9)7-15-4-1-5-16(14)11(15)17/h2-3,6H,1,4-5,7,14H2. The van der Waals surface area contributed by atoms with Crippen LogP contribution in [0.3, 0.4) is 0 Å². The van der Waals surface area contributed by atoms with E-state index in [1.165, 1.54) is 5.01 Å². The molecule has 1 aliphatic heterocycles. The van der Waals surface area contributed by atoms with E-state index < -0.39 is 0 Å². The van der Waals surface area contributed by atoms with Crippen LogP contribution >= 0.6 is 23.2 Å². The molecule has 6 heteroatoms. The number of carbonyl (C=O) groups is 1. The highest BCUT2D eigenvalue weighted by Crippen LogP contribution is 2.23. The molecular weight excluding hydrogens is 261 g/mol. The average Bonchev–Trinajstić information content (AvgIpc) is 2.30. The van der Waals surface area contributed by atoms with Crippen LogP contribution in [0.2, 0.25) is 10.0 Å². The summed E-state index contributed by atoms with van der Waals surface area (Å²) in [7, 11) is 0. The average molecular weight is 274 g/mol. The molecule has 0 aliphatic carbocycles. The topological polar surface area (TPSA) is 49.6 Å². The Morgan fingerprint density at radius 1 is 1.29 bits per heavy atom. The highest BCUT2D eigenvalue weighted by atomic mass is 35.5. The zero-order valence-electron chi connectivity index (χ0n) is 9.20. The predicted octanol–water partition coefficient (Wildman–Crippen LogP) is 2.49. The first-order valence-electron chi connectivity index (χ1n) is 5.33. The number of rotatable bonds is 2. The lowest BCUT2D eigenvalue weighted by Gasteiger charge is -2.32. The highest BCUT2D eigenvalue weighted by Gasteiger charge is 2.23. The van der Waals surface area contributed by atoms with Crippen molar-refractivity contribution in [1.82, 2.24) is 9.91 Å². The number of halogens is 2. The lowest BCUT2D eigenvalue weighted by atomic mass is 10.2. The highest BCUT2D eigenvalue weighted by molar-refractivity contribution is 6.33. The van der Waals surface area contributed by atoms with Gasteiger partial charge in [-0.05, 0) is 30.2 Å². The van der Waals surface area contributed by atoms with Gasteiger partial charge in [0.1, 0.15) is 0 Å². The number of nitrogens with two attached hydrogens (primary N) is 1. The summed E-state index contributed by atoms with van der Waals surface area (Å²) in [5.74, 6) is 5.57. The van der Waals surface area contributed by atoms with Crippen molar-refractivity contribution < 1.29 is 4.79 Å². The van der Waals surface area contributed by atoms with Gasteiger partial charge in [0.15, 0.2) is 0 Å². The molecule has 92 valence electrons. The lowest BCUT2D eigenvalue weighted by Crippen LogP contribution is -2.52. The van der Waals surface area contributed by atoms with E-state index in [1.54, 1.807) is 23.1 Å². The first-order chi connectivity index (χ1) is 8.08. The van der Waals surface area contributed by atoms with Gasteiger partial charge < -0.3 is 4.90 Å². The quantitative estimate of drug-likeness (QED) is 0.665. The van der Waals surface area contributed by atoms with E-state index in [1.807, 2.05) is 0 Å². The summed E-state index contributed by atoms with van der Waals surface area (Å²) in [4.78, 5) is 13.4. The number of benzene rings is 1. The van der Waals surface area contributed by atoms with E-state index in [4.69, 9.17) is 29.0 Å². The molecule has 2 amide bonds. The Hall–Kier alpha value is -0.970. The molecule has 0 aromatic heterocycles. The summed E-state index contributed by atoms with van der Waals surface area (Å²) >= 11 is 12.0. The van der Waals surface area contributed by atoms with Gasteiger partial charge in [-0.15, -0.1) is 0 Å². The molecule has 0 saturated carbocycles. The maximum atomic E-state index is 11.8. The van der Waals surface area contributed by atoms with Crippen molar-refractivity contribution in [3.63, 3.8) is 0 Å². The Balaban J connectivity index is 2.14. The zero-order chi connectivity index (χ0) is 12.4. The molecule has 2 rings (SSSR count). The molecule has 17 heavy (non-hydrogen) atoms. The van der Waals surface area contributed by atoms with Gasteiger partial charge in [-0.3, -0.25) is 5.01 Å². The second-order valence-electron chi connectivity index (χ2n) is 3.99. The third-order valence-electron chi connectivity index (χ3n) is 2.71. The maximum absolute atomic E-state index is 11.8. The van der Waals surface area contributed by atoms with Crippen molar-refractivity contribution in [2.24, 2.45) is 5.84 Å². The normalized spacial score (nSPS) is 16.5. The maximum Gasteiger partial charge on any atom is 0.334 e. The first-order valence-corrected chi connectivity index (χ1v) is 6.08. The molecule has 1 heterocycles. The van der Waals surface area contributed by atoms with Crippen LogP contribution in [0.5, 0.6) is 0 Å². The second kappa shape index (κ2) is 5.12. The number of hydrogen-bond acceptors (Lipinski definition) is 2. The molecule has 1 aromatic rings. The van der Waals surface area contributed by atoms with E-state index in [0.717, 1.165) is 12.0 Å². The van der Waals surface area contributed by atoms with E-state index in [2.05, 4.69) is 0 Å². The van der Waals surface area contributed by atoms with Gasteiger partial charge in [-0.1, -0.05) is 23.2 Å². The van der Waals surface area contributed by atoms with Crippen LogP contribution in [0.4, 0.5) is 4.79 Å². The molecule has 0 spiro atoms. The van der Waals surface area contributed by atoms with Crippen molar-refractivity contribution >= 4 is 29.2 Å². The van der Waals surface area contributed by atoms with Crippen LogP contribution < -0.4 is 5.84 Å². The number of hydrogen-bond donors (Lipinski definition) is 1. The third-order valence-corrected chi connectivity index (χ3v) is 3.32. The molecule has 4 nitrogen and oxygen atoms in total. The van der Waals surface area contributed by atoms with Gasteiger partial charge in [0.2, 0.25) is 0 Å². The first kappa shape index (κ1) is 12.5. The van der Waals surface area contributed by atoms with Crippen LogP contribution in [0.25, 0.3) is 0 Å². The van der Waals surface area contributed by atoms with E-state index in [0.29, 0.717) is 29.7 Å². The molecule has 0 radical (unpaired) electrons. The van der Waals surface area contributed by atoms with Crippen LogP contribution in [0, 0.1) is 0 Å². The summed E-state index contributed by atoms with van der Waals surface area (Å²) in [6.07, 6.45) is 0.862. The molecule has 0 atom stereocenters. The number of urea groups is 1. The van der Waals surface area contributed by atoms with E-state index in [-0.39, 0.29) is 6.03 Å². The molecule has 1 aromatic carbocycles. The smallest absolute Gasteiger partial charge is 0.319 e. The second-order valence-corrected chi connectivity index (χ2v) is 4.83. The van der Waals surface area contributed by atoms with Gasteiger partial charge >= 0.3 is 6.03 Å². The van der Waals surface area contributed by atoms with Crippen LogP contribution in [-0.2, 0) is 6.54 Å². The minimum Gasteiger partial charge on any atom is -0.319 e. The summed E-state index contributed by atoms with van der Waals surface area (Å²) in [5.41, 5.74) is 0.836. The van der Waals surface area contributed by atoms with Crippen LogP contribution in [0.1, 0.15) is 12.0 Å². The predicted molar refractivity (Wildman–Crippen MR) is 67.8 cm³/mol. The van der Waals surface area contributed by atoms with Gasteiger partial charge in [0, 0.05) is 29.7 Å². The summed E-state index contributed by atoms with van der Waals surface area (Å²) in [6, 6.07) is 5.05. The molecular formula is C11H13Cl2N3O. The zero-order valence-corrected chi connectivity index (χ0v) is 10.7. The summed E-state index contributed by atoms with van der Waals surface area (Å²) < 4.78 is 0. The van der Waals surface area contributed by atoms with Gasteiger partial charge in [-0.2, -0.15) is 0 Å². The Morgan fingerprint density at radius 2 is 2.06 bits per heavy atom. The van der Waals surface area contributed by atoms with Gasteiger partial charge in [0.25, 0.3) is 0 Å². The molecule has 1 saturated heterocycles. The fraction of sp³-hybridized carbons (Fsp3) is 0.364. The number of carbonyl (C=O) groups excluding carboxylic acids is 1. The van der Waals surface area contributed by atoms with Crippen molar-refractivity contribution in [1.29, 1.82) is 0 Å². The SMILES string of the molecule is NN1CCCN(Cc2cc(Cl)ccc2Cl)C1=O. The Bertz CT molecular complexity index is 439.